The minimum absolute atomic E-state index is 0.0780. The maximum absolute atomic E-state index is 12.5. The van der Waals surface area contributed by atoms with Crippen molar-refractivity contribution in [2.45, 2.75) is 18.8 Å². The highest BCUT2D eigenvalue weighted by Gasteiger charge is 2.28. The van der Waals surface area contributed by atoms with E-state index in [1.54, 1.807) is 0 Å². The number of piperidine rings is 1. The van der Waals surface area contributed by atoms with Crippen molar-refractivity contribution in [1.29, 1.82) is 0 Å². The van der Waals surface area contributed by atoms with Gasteiger partial charge in [-0.25, -0.2) is 0 Å². The fraction of sp³-hybridized carbons (Fsp3) is 0.250. The predicted octanol–water partition coefficient (Wildman–Crippen LogP) is 4.41. The van der Waals surface area contributed by atoms with Crippen molar-refractivity contribution in [3.63, 3.8) is 0 Å². The maximum atomic E-state index is 12.5. The molecule has 0 radical (unpaired) electrons. The quantitative estimate of drug-likeness (QED) is 0.688. The molecule has 6 heteroatoms. The first-order chi connectivity index (χ1) is 12.7. The van der Waals surface area contributed by atoms with E-state index >= 15 is 0 Å². The number of amides is 1. The highest BCUT2D eigenvalue weighted by molar-refractivity contribution is 6.30. The zero-order valence-electron chi connectivity index (χ0n) is 14.1. The number of likely N-dealkylation sites (tertiary alicyclic amines) is 1. The average molecular weight is 368 g/mol. The van der Waals surface area contributed by atoms with Gasteiger partial charge in [-0.3, -0.25) is 4.79 Å². The normalized spacial score (nSPS) is 15.2. The Balaban J connectivity index is 1.42. The molecule has 1 aromatic heterocycles. The molecule has 1 aliphatic heterocycles. The van der Waals surface area contributed by atoms with Crippen LogP contribution in [0.4, 0.5) is 0 Å². The Morgan fingerprint density at radius 1 is 1.08 bits per heavy atom. The van der Waals surface area contributed by atoms with Gasteiger partial charge in [0.15, 0.2) is 0 Å². The van der Waals surface area contributed by atoms with Crippen LogP contribution in [0.1, 0.15) is 35.0 Å². The summed E-state index contributed by atoms with van der Waals surface area (Å²) in [7, 11) is 0. The van der Waals surface area contributed by atoms with Gasteiger partial charge in [-0.15, -0.1) is 0 Å². The van der Waals surface area contributed by atoms with Crippen LogP contribution in [0, 0.1) is 0 Å². The summed E-state index contributed by atoms with van der Waals surface area (Å²) in [6.07, 6.45) is 1.63. The van der Waals surface area contributed by atoms with Gasteiger partial charge in [-0.05, 0) is 37.1 Å². The van der Waals surface area contributed by atoms with Gasteiger partial charge in [0.05, 0.1) is 0 Å². The fourth-order valence-electron chi connectivity index (χ4n) is 3.24. The molecule has 0 aliphatic carbocycles. The molecule has 2 heterocycles. The Labute approximate surface area is 156 Å². The first kappa shape index (κ1) is 16.8. The lowest BCUT2D eigenvalue weighted by molar-refractivity contribution is 0.0704. The van der Waals surface area contributed by atoms with Gasteiger partial charge >= 0.3 is 0 Å². The molecule has 4 rings (SSSR count). The van der Waals surface area contributed by atoms with E-state index in [0.29, 0.717) is 29.8 Å². The lowest BCUT2D eigenvalue weighted by Gasteiger charge is -2.30. The van der Waals surface area contributed by atoms with Crippen molar-refractivity contribution in [2.75, 3.05) is 13.1 Å². The zero-order valence-corrected chi connectivity index (χ0v) is 14.9. The molecular formula is C20H18ClN3O2. The molecule has 0 unspecified atom stereocenters. The third-order valence-corrected chi connectivity index (χ3v) is 4.91. The van der Waals surface area contributed by atoms with Crippen LogP contribution in [0.5, 0.6) is 0 Å². The van der Waals surface area contributed by atoms with Gasteiger partial charge in [0.25, 0.3) is 5.91 Å². The van der Waals surface area contributed by atoms with Crippen LogP contribution in [0.15, 0.2) is 59.1 Å². The van der Waals surface area contributed by atoms with Crippen molar-refractivity contribution in [2.24, 2.45) is 0 Å². The Morgan fingerprint density at radius 2 is 1.85 bits per heavy atom. The van der Waals surface area contributed by atoms with E-state index in [4.69, 9.17) is 16.1 Å². The predicted molar refractivity (Wildman–Crippen MR) is 99.1 cm³/mol. The van der Waals surface area contributed by atoms with Crippen LogP contribution in [-0.2, 0) is 0 Å². The van der Waals surface area contributed by atoms with E-state index in [-0.39, 0.29) is 11.8 Å². The van der Waals surface area contributed by atoms with Crippen molar-refractivity contribution in [3.8, 4) is 11.4 Å². The van der Waals surface area contributed by atoms with Gasteiger partial charge < -0.3 is 9.42 Å². The zero-order chi connectivity index (χ0) is 17.9. The van der Waals surface area contributed by atoms with Crippen LogP contribution in [-0.4, -0.2) is 34.0 Å². The topological polar surface area (TPSA) is 59.2 Å². The molecule has 1 fully saturated rings. The molecule has 26 heavy (non-hydrogen) atoms. The molecule has 0 atom stereocenters. The van der Waals surface area contributed by atoms with Gasteiger partial charge in [0, 0.05) is 35.2 Å². The lowest BCUT2D eigenvalue weighted by Crippen LogP contribution is -2.37. The summed E-state index contributed by atoms with van der Waals surface area (Å²) in [5, 5.41) is 4.72. The third kappa shape index (κ3) is 3.48. The van der Waals surface area contributed by atoms with Gasteiger partial charge in [-0.1, -0.05) is 47.1 Å². The lowest BCUT2D eigenvalue weighted by atomic mass is 9.96. The first-order valence-corrected chi connectivity index (χ1v) is 9.02. The number of hydrogen-bond acceptors (Lipinski definition) is 4. The van der Waals surface area contributed by atoms with Crippen molar-refractivity contribution in [1.82, 2.24) is 15.0 Å². The summed E-state index contributed by atoms with van der Waals surface area (Å²) in [4.78, 5) is 18.9. The Bertz CT molecular complexity index is 902. The van der Waals surface area contributed by atoms with Crippen LogP contribution in [0.3, 0.4) is 0 Å². The number of benzene rings is 2. The standard InChI is InChI=1S/C20H18ClN3O2/c21-17-8-4-7-16(13-17)18-22-19(26-23-18)14-9-11-24(12-10-14)20(25)15-5-2-1-3-6-15/h1-8,13-14H,9-12H2. The SMILES string of the molecule is O=C(c1ccccc1)N1CCC(c2nc(-c3cccc(Cl)c3)no2)CC1. The maximum Gasteiger partial charge on any atom is 0.253 e. The molecule has 3 aromatic rings. The number of halogens is 1. The Hall–Kier alpha value is -2.66. The molecule has 2 aromatic carbocycles. The van der Waals surface area contributed by atoms with Gasteiger partial charge in [0.1, 0.15) is 0 Å². The molecule has 0 spiro atoms. The number of carbonyl (C=O) groups excluding carboxylic acids is 1. The average Bonchev–Trinajstić information content (AvgIpc) is 3.18. The van der Waals surface area contributed by atoms with Gasteiger partial charge in [0.2, 0.25) is 11.7 Å². The second-order valence-electron chi connectivity index (χ2n) is 6.40. The van der Waals surface area contributed by atoms with E-state index < -0.39 is 0 Å². The third-order valence-electron chi connectivity index (χ3n) is 4.68. The van der Waals surface area contributed by atoms with Crippen molar-refractivity contribution in [3.05, 3.63) is 71.1 Å². The number of hydrogen-bond donors (Lipinski definition) is 0. The summed E-state index contributed by atoms with van der Waals surface area (Å²) in [6, 6.07) is 16.8. The van der Waals surface area contributed by atoms with E-state index in [1.807, 2.05) is 59.5 Å². The molecule has 5 nitrogen and oxygen atoms in total. The van der Waals surface area contributed by atoms with Gasteiger partial charge in [-0.2, -0.15) is 4.98 Å². The highest BCUT2D eigenvalue weighted by Crippen LogP contribution is 2.29. The monoisotopic (exact) mass is 367 g/mol. The summed E-state index contributed by atoms with van der Waals surface area (Å²) in [5.74, 6) is 1.43. The summed E-state index contributed by atoms with van der Waals surface area (Å²) >= 11 is 6.02. The molecule has 0 saturated carbocycles. The number of carbonyl (C=O) groups is 1. The summed E-state index contributed by atoms with van der Waals surface area (Å²) in [6.45, 7) is 1.38. The molecule has 0 bridgehead atoms. The fourth-order valence-corrected chi connectivity index (χ4v) is 3.43. The van der Waals surface area contributed by atoms with E-state index in [1.165, 1.54) is 0 Å². The van der Waals surface area contributed by atoms with Crippen LogP contribution >= 0.6 is 11.6 Å². The van der Waals surface area contributed by atoms with E-state index in [0.717, 1.165) is 24.0 Å². The van der Waals surface area contributed by atoms with Crippen LogP contribution < -0.4 is 0 Å². The molecule has 1 aliphatic rings. The molecule has 0 N–H and O–H groups in total. The highest BCUT2D eigenvalue weighted by atomic mass is 35.5. The second-order valence-corrected chi connectivity index (χ2v) is 6.84. The molecular weight excluding hydrogens is 350 g/mol. The van der Waals surface area contributed by atoms with Crippen molar-refractivity contribution < 1.29 is 9.32 Å². The van der Waals surface area contributed by atoms with Crippen LogP contribution in [0.25, 0.3) is 11.4 Å². The van der Waals surface area contributed by atoms with Crippen LogP contribution in [0.2, 0.25) is 5.02 Å². The number of nitrogens with zero attached hydrogens (tertiary/aromatic N) is 3. The Kier molecular flexibility index (Phi) is 4.71. The Morgan fingerprint density at radius 3 is 2.58 bits per heavy atom. The van der Waals surface area contributed by atoms with Crippen molar-refractivity contribution >= 4 is 17.5 Å². The van der Waals surface area contributed by atoms with E-state index in [9.17, 15) is 4.79 Å². The molecule has 132 valence electrons. The summed E-state index contributed by atoms with van der Waals surface area (Å²) in [5.41, 5.74) is 1.57. The molecule has 1 amide bonds. The number of aromatic nitrogens is 2. The largest absolute Gasteiger partial charge is 0.339 e. The van der Waals surface area contributed by atoms with E-state index in [2.05, 4.69) is 10.1 Å². The minimum atomic E-state index is 0.0780. The smallest absolute Gasteiger partial charge is 0.253 e. The second kappa shape index (κ2) is 7.30. The summed E-state index contributed by atoms with van der Waals surface area (Å²) < 4.78 is 5.47. The minimum Gasteiger partial charge on any atom is -0.339 e. The molecule has 1 saturated heterocycles. The number of rotatable bonds is 3. The first-order valence-electron chi connectivity index (χ1n) is 8.64.